The van der Waals surface area contributed by atoms with Gasteiger partial charge in [0.1, 0.15) is 15.6 Å². The van der Waals surface area contributed by atoms with E-state index in [0.29, 0.717) is 11.3 Å². The average Bonchev–Trinajstić information content (AvgIpc) is 2.62. The normalized spacial score (nSPS) is 14.9. The summed E-state index contributed by atoms with van der Waals surface area (Å²) < 4.78 is 31.3. The molecule has 140 valence electrons. The first-order valence-electron chi connectivity index (χ1n) is 7.87. The van der Waals surface area contributed by atoms with Crippen LogP contribution in [0.5, 0.6) is 5.75 Å². The number of nitro groups is 1. The number of allylic oxidation sites excluding steroid dienone is 2. The molecule has 3 rings (SSSR count). The number of methoxy groups -OCH3 is 1. The van der Waals surface area contributed by atoms with Crippen LogP contribution in [0.25, 0.3) is 0 Å². The molecule has 27 heavy (non-hydrogen) atoms. The molecule has 0 spiro atoms. The summed E-state index contributed by atoms with van der Waals surface area (Å²) in [5.41, 5.74) is 0.622. The number of benzene rings is 2. The fourth-order valence-corrected chi connectivity index (χ4v) is 4.73. The number of carbonyl (C=O) groups excluding carboxylic acids is 1. The van der Waals surface area contributed by atoms with Gasteiger partial charge in [-0.1, -0.05) is 0 Å². The van der Waals surface area contributed by atoms with Crippen LogP contribution in [0.2, 0.25) is 0 Å². The highest BCUT2D eigenvalue weighted by atomic mass is 32.2. The van der Waals surface area contributed by atoms with Crippen molar-refractivity contribution in [2.45, 2.75) is 18.7 Å². The monoisotopic (exact) mass is 388 g/mol. The van der Waals surface area contributed by atoms with Crippen molar-refractivity contribution in [1.82, 2.24) is 0 Å². The maximum atomic E-state index is 13.1. The van der Waals surface area contributed by atoms with Crippen molar-refractivity contribution in [2.24, 2.45) is 0 Å². The average molecular weight is 388 g/mol. The summed E-state index contributed by atoms with van der Waals surface area (Å²) in [5, 5.41) is 14.0. The van der Waals surface area contributed by atoms with Gasteiger partial charge in [-0.15, -0.1) is 0 Å². The zero-order valence-electron chi connectivity index (χ0n) is 14.8. The molecule has 2 aromatic carbocycles. The Hall–Kier alpha value is -3.20. The Morgan fingerprint density at radius 2 is 1.78 bits per heavy atom. The number of ketones is 1. The highest BCUT2D eigenvalue weighted by Crippen LogP contribution is 2.40. The second kappa shape index (κ2) is 6.51. The molecule has 0 radical (unpaired) electrons. The summed E-state index contributed by atoms with van der Waals surface area (Å²) in [4.78, 5) is 22.6. The number of nitrogens with one attached hydrogen (secondary N) is 1. The lowest BCUT2D eigenvalue weighted by molar-refractivity contribution is -0.385. The molecule has 0 saturated carbocycles. The molecule has 8 nitrogen and oxygen atoms in total. The molecule has 0 fully saturated rings. The standard InChI is InChI=1S/C18H16N2O6S/c1-10-8-13(20(22)23)9-15-16(10)19-11(2)18(27(15,24)25)17(21)12-4-6-14(26-3)7-5-12/h4-9,19H,1-3H3. The molecule has 9 heteroatoms. The number of rotatable bonds is 4. The summed E-state index contributed by atoms with van der Waals surface area (Å²) in [6, 6.07) is 8.28. The number of anilines is 1. The predicted molar refractivity (Wildman–Crippen MR) is 98.7 cm³/mol. The van der Waals surface area contributed by atoms with Gasteiger partial charge in [-0.05, 0) is 43.7 Å². The number of ether oxygens (including phenoxy) is 1. The van der Waals surface area contributed by atoms with E-state index in [2.05, 4.69) is 5.32 Å². The molecule has 1 aliphatic heterocycles. The molecule has 0 amide bonds. The van der Waals surface area contributed by atoms with E-state index < -0.39 is 25.4 Å². The van der Waals surface area contributed by atoms with E-state index in [1.807, 2.05) is 0 Å². The van der Waals surface area contributed by atoms with Crippen LogP contribution in [0.3, 0.4) is 0 Å². The molecule has 0 unspecified atom stereocenters. The van der Waals surface area contributed by atoms with Gasteiger partial charge < -0.3 is 10.1 Å². The van der Waals surface area contributed by atoms with E-state index in [-0.39, 0.29) is 27.5 Å². The van der Waals surface area contributed by atoms with Gasteiger partial charge in [0, 0.05) is 23.4 Å². The molecule has 1 N–H and O–H groups in total. The Labute approximate surface area is 155 Å². The Morgan fingerprint density at radius 1 is 1.15 bits per heavy atom. The molecular formula is C18H16N2O6S. The minimum absolute atomic E-state index is 0.167. The molecule has 0 aromatic heterocycles. The van der Waals surface area contributed by atoms with Crippen molar-refractivity contribution in [3.8, 4) is 5.75 Å². The molecule has 2 aromatic rings. The van der Waals surface area contributed by atoms with Crippen LogP contribution in [0.1, 0.15) is 22.8 Å². The van der Waals surface area contributed by atoms with Crippen LogP contribution in [0.15, 0.2) is 51.9 Å². The second-order valence-corrected chi connectivity index (χ2v) is 7.89. The third kappa shape index (κ3) is 3.06. The van der Waals surface area contributed by atoms with Gasteiger partial charge in [-0.3, -0.25) is 14.9 Å². The number of non-ortho nitro benzene ring substituents is 1. The van der Waals surface area contributed by atoms with Crippen LogP contribution in [-0.2, 0) is 9.84 Å². The maximum Gasteiger partial charge on any atom is 0.271 e. The number of fused-ring (bicyclic) bond motifs is 1. The van der Waals surface area contributed by atoms with Gasteiger partial charge in [0.05, 0.1) is 17.7 Å². The topological polar surface area (TPSA) is 116 Å². The van der Waals surface area contributed by atoms with E-state index in [4.69, 9.17) is 4.74 Å². The smallest absolute Gasteiger partial charge is 0.271 e. The van der Waals surface area contributed by atoms with Gasteiger partial charge in [0.2, 0.25) is 15.6 Å². The van der Waals surface area contributed by atoms with E-state index >= 15 is 0 Å². The number of hydrogen-bond acceptors (Lipinski definition) is 7. The van der Waals surface area contributed by atoms with E-state index in [1.54, 1.807) is 19.1 Å². The number of aryl methyl sites for hydroxylation is 1. The van der Waals surface area contributed by atoms with Crippen molar-refractivity contribution in [3.63, 3.8) is 0 Å². The summed E-state index contributed by atoms with van der Waals surface area (Å²) in [5.74, 6) is -0.170. The number of sulfone groups is 1. The van der Waals surface area contributed by atoms with Crippen LogP contribution in [0.4, 0.5) is 11.4 Å². The first kappa shape index (κ1) is 18.6. The van der Waals surface area contributed by atoms with Gasteiger partial charge >= 0.3 is 0 Å². The minimum atomic E-state index is -4.24. The number of Topliss-reactive ketones (excluding diaryl/α,β-unsaturated/α-hetero) is 1. The fourth-order valence-electron chi connectivity index (χ4n) is 2.94. The Kier molecular flexibility index (Phi) is 4.48. The zero-order chi connectivity index (χ0) is 19.9. The molecule has 1 heterocycles. The van der Waals surface area contributed by atoms with Crippen LogP contribution >= 0.6 is 0 Å². The van der Waals surface area contributed by atoms with Gasteiger partial charge in [-0.2, -0.15) is 0 Å². The van der Waals surface area contributed by atoms with Crippen LogP contribution in [-0.4, -0.2) is 26.2 Å². The number of carbonyl (C=O) groups is 1. The number of nitrogens with zero attached hydrogens (tertiary/aromatic N) is 1. The second-order valence-electron chi connectivity index (χ2n) is 6.03. The number of hydrogen-bond donors (Lipinski definition) is 1. The highest BCUT2D eigenvalue weighted by Gasteiger charge is 2.37. The third-order valence-corrected chi connectivity index (χ3v) is 6.19. The fraction of sp³-hybridized carbons (Fsp3) is 0.167. The summed E-state index contributed by atoms with van der Waals surface area (Å²) >= 11 is 0. The lowest BCUT2D eigenvalue weighted by Crippen LogP contribution is -2.24. The van der Waals surface area contributed by atoms with Crippen molar-refractivity contribution in [2.75, 3.05) is 12.4 Å². The molecular weight excluding hydrogens is 372 g/mol. The van der Waals surface area contributed by atoms with Gasteiger partial charge in [0.15, 0.2) is 0 Å². The first-order valence-corrected chi connectivity index (χ1v) is 9.36. The Balaban J connectivity index is 2.16. The summed E-state index contributed by atoms with van der Waals surface area (Å²) in [6.45, 7) is 3.05. The van der Waals surface area contributed by atoms with Crippen molar-refractivity contribution >= 4 is 27.0 Å². The molecule has 1 aliphatic rings. The maximum absolute atomic E-state index is 13.1. The van der Waals surface area contributed by atoms with E-state index in [0.717, 1.165) is 6.07 Å². The number of nitro benzene ring substituents is 1. The molecule has 0 saturated heterocycles. The SMILES string of the molecule is COc1ccc(C(=O)C2=C(C)Nc3c(C)cc([N+](=O)[O-])cc3S2(=O)=O)cc1. The van der Waals surface area contributed by atoms with Crippen LogP contribution < -0.4 is 10.1 Å². The Morgan fingerprint density at radius 3 is 2.33 bits per heavy atom. The molecule has 0 aliphatic carbocycles. The first-order chi connectivity index (χ1) is 12.7. The minimum Gasteiger partial charge on any atom is -0.497 e. The molecule has 0 atom stereocenters. The molecule has 0 bridgehead atoms. The van der Waals surface area contributed by atoms with Crippen molar-refractivity contribution in [1.29, 1.82) is 0 Å². The zero-order valence-corrected chi connectivity index (χ0v) is 15.6. The van der Waals surface area contributed by atoms with E-state index in [9.17, 15) is 23.3 Å². The summed E-state index contributed by atoms with van der Waals surface area (Å²) in [7, 11) is -2.76. The largest absolute Gasteiger partial charge is 0.497 e. The quantitative estimate of drug-likeness (QED) is 0.486. The highest BCUT2D eigenvalue weighted by molar-refractivity contribution is 7.96. The van der Waals surface area contributed by atoms with Crippen molar-refractivity contribution in [3.05, 3.63) is 68.2 Å². The lowest BCUT2D eigenvalue weighted by Gasteiger charge is -2.23. The summed E-state index contributed by atoms with van der Waals surface area (Å²) in [6.07, 6.45) is 0. The Bertz CT molecular complexity index is 1100. The predicted octanol–water partition coefficient (Wildman–Crippen LogP) is 3.23. The van der Waals surface area contributed by atoms with Crippen LogP contribution in [0, 0.1) is 17.0 Å². The van der Waals surface area contributed by atoms with E-state index in [1.165, 1.54) is 32.2 Å². The lowest BCUT2D eigenvalue weighted by atomic mass is 10.1. The van der Waals surface area contributed by atoms with Gasteiger partial charge in [0.25, 0.3) is 5.69 Å². The third-order valence-electron chi connectivity index (χ3n) is 4.26. The van der Waals surface area contributed by atoms with Crippen molar-refractivity contribution < 1.29 is 22.9 Å². The van der Waals surface area contributed by atoms with Gasteiger partial charge in [-0.25, -0.2) is 8.42 Å².